The third-order valence-electron chi connectivity index (χ3n) is 3.50. The molecule has 2 aromatic carbocycles. The van der Waals surface area contributed by atoms with Crippen LogP contribution in [0.3, 0.4) is 0 Å². The summed E-state index contributed by atoms with van der Waals surface area (Å²) in [6, 6.07) is 20.9. The smallest absolute Gasteiger partial charge is 0.149 e. The van der Waals surface area contributed by atoms with Crippen LogP contribution in [0, 0.1) is 0 Å². The predicted molar refractivity (Wildman–Crippen MR) is 90.3 cm³/mol. The van der Waals surface area contributed by atoms with Gasteiger partial charge in [-0.2, -0.15) is 0 Å². The first-order valence-corrected chi connectivity index (χ1v) is 7.52. The van der Waals surface area contributed by atoms with Crippen LogP contribution in [-0.2, 0) is 0 Å². The van der Waals surface area contributed by atoms with Crippen LogP contribution in [-0.4, -0.2) is 16.5 Å². The van der Waals surface area contributed by atoms with Gasteiger partial charge >= 0.3 is 0 Å². The molecular formula is C18H16ClN3. The van der Waals surface area contributed by atoms with Gasteiger partial charge in [-0.25, -0.2) is 4.98 Å². The molecule has 3 nitrogen and oxygen atoms in total. The van der Waals surface area contributed by atoms with E-state index in [0.29, 0.717) is 11.0 Å². The van der Waals surface area contributed by atoms with E-state index in [0.717, 1.165) is 6.54 Å². The van der Waals surface area contributed by atoms with Crippen LogP contribution in [0.1, 0.15) is 17.0 Å². The van der Waals surface area contributed by atoms with Gasteiger partial charge in [0.05, 0.1) is 12.4 Å². The topological polar surface area (TPSA) is 37.8 Å². The lowest BCUT2D eigenvalue weighted by molar-refractivity contribution is 0.847. The van der Waals surface area contributed by atoms with Gasteiger partial charge in [0, 0.05) is 12.5 Å². The summed E-state index contributed by atoms with van der Waals surface area (Å²) in [5.41, 5.74) is 2.52. The lowest BCUT2D eigenvalue weighted by Crippen LogP contribution is -2.15. The Labute approximate surface area is 135 Å². The Bertz CT molecular complexity index is 677. The van der Waals surface area contributed by atoms with Crippen molar-refractivity contribution in [2.24, 2.45) is 0 Å². The van der Waals surface area contributed by atoms with Crippen molar-refractivity contribution in [3.8, 4) is 0 Å². The van der Waals surface area contributed by atoms with Crippen LogP contribution < -0.4 is 5.32 Å². The van der Waals surface area contributed by atoms with Crippen molar-refractivity contribution in [3.05, 3.63) is 89.3 Å². The highest BCUT2D eigenvalue weighted by molar-refractivity contribution is 6.29. The molecule has 0 fully saturated rings. The highest BCUT2D eigenvalue weighted by Crippen LogP contribution is 2.24. The summed E-state index contributed by atoms with van der Waals surface area (Å²) in [6.07, 6.45) is 3.21. The van der Waals surface area contributed by atoms with E-state index in [1.165, 1.54) is 17.3 Å². The number of hydrogen-bond donors (Lipinski definition) is 1. The summed E-state index contributed by atoms with van der Waals surface area (Å²) in [5, 5.41) is 3.71. The molecule has 0 saturated heterocycles. The average Bonchev–Trinajstić information content (AvgIpc) is 2.57. The van der Waals surface area contributed by atoms with Crippen molar-refractivity contribution in [1.82, 2.24) is 9.97 Å². The fourth-order valence-corrected chi connectivity index (χ4v) is 2.58. The van der Waals surface area contributed by atoms with Crippen LogP contribution in [0.25, 0.3) is 0 Å². The lowest BCUT2D eigenvalue weighted by Gasteiger charge is -2.19. The summed E-state index contributed by atoms with van der Waals surface area (Å²) >= 11 is 5.88. The fraction of sp³-hybridized carbons (Fsp3) is 0.111. The highest BCUT2D eigenvalue weighted by atomic mass is 35.5. The number of halogens is 1. The van der Waals surface area contributed by atoms with Crippen molar-refractivity contribution in [2.45, 2.75) is 5.92 Å². The highest BCUT2D eigenvalue weighted by Gasteiger charge is 2.13. The Kier molecular flexibility index (Phi) is 4.66. The van der Waals surface area contributed by atoms with Gasteiger partial charge in [0.15, 0.2) is 0 Å². The molecule has 0 spiro atoms. The average molecular weight is 310 g/mol. The minimum Gasteiger partial charge on any atom is -0.368 e. The van der Waals surface area contributed by atoms with E-state index in [4.69, 9.17) is 11.6 Å². The molecule has 4 heteroatoms. The molecule has 0 amide bonds. The normalized spacial score (nSPS) is 10.6. The molecule has 3 aromatic rings. The number of hydrogen-bond acceptors (Lipinski definition) is 3. The summed E-state index contributed by atoms with van der Waals surface area (Å²) in [6.45, 7) is 0.725. The molecule has 0 aliphatic carbocycles. The van der Waals surface area contributed by atoms with Crippen molar-refractivity contribution in [2.75, 3.05) is 11.9 Å². The monoisotopic (exact) mass is 309 g/mol. The molecule has 0 atom stereocenters. The second kappa shape index (κ2) is 7.05. The molecule has 0 radical (unpaired) electrons. The number of aromatic nitrogens is 2. The second-order valence-electron chi connectivity index (χ2n) is 4.98. The van der Waals surface area contributed by atoms with E-state index in [9.17, 15) is 0 Å². The summed E-state index contributed by atoms with van der Waals surface area (Å²) < 4.78 is 0. The second-order valence-corrected chi connectivity index (χ2v) is 5.37. The van der Waals surface area contributed by atoms with E-state index < -0.39 is 0 Å². The summed E-state index contributed by atoms with van der Waals surface area (Å²) in [5.74, 6) is 0.924. The predicted octanol–water partition coefficient (Wildman–Crippen LogP) is 4.37. The Morgan fingerprint density at radius 3 is 2.00 bits per heavy atom. The molecule has 0 aliphatic rings. The quantitative estimate of drug-likeness (QED) is 0.760. The molecule has 1 aromatic heterocycles. The van der Waals surface area contributed by atoms with E-state index in [1.54, 1.807) is 6.20 Å². The third-order valence-corrected chi connectivity index (χ3v) is 3.68. The Balaban J connectivity index is 1.83. The Morgan fingerprint density at radius 2 is 1.45 bits per heavy atom. The van der Waals surface area contributed by atoms with Crippen molar-refractivity contribution < 1.29 is 0 Å². The molecule has 110 valence electrons. The third kappa shape index (κ3) is 3.62. The van der Waals surface area contributed by atoms with Crippen LogP contribution in [0.15, 0.2) is 73.1 Å². The maximum Gasteiger partial charge on any atom is 0.149 e. The van der Waals surface area contributed by atoms with Gasteiger partial charge in [0.25, 0.3) is 0 Å². The van der Waals surface area contributed by atoms with E-state index >= 15 is 0 Å². The molecular weight excluding hydrogens is 294 g/mol. The van der Waals surface area contributed by atoms with E-state index in [1.807, 2.05) is 12.1 Å². The zero-order valence-corrected chi connectivity index (χ0v) is 12.7. The van der Waals surface area contributed by atoms with Gasteiger partial charge in [-0.1, -0.05) is 72.3 Å². The van der Waals surface area contributed by atoms with E-state index in [2.05, 4.69) is 63.8 Å². The standard InChI is InChI=1S/C18H16ClN3/c19-17-12-20-13-18(22-17)21-11-16(14-7-3-1-4-8-14)15-9-5-2-6-10-15/h1-10,12-13,16H,11H2,(H,21,22). The van der Waals surface area contributed by atoms with Gasteiger partial charge in [-0.3, -0.25) is 4.98 Å². The van der Waals surface area contributed by atoms with Gasteiger partial charge in [0.1, 0.15) is 11.0 Å². The SMILES string of the molecule is Clc1cncc(NCC(c2ccccc2)c2ccccc2)n1. The molecule has 3 rings (SSSR count). The number of rotatable bonds is 5. The zero-order chi connectivity index (χ0) is 15.2. The first-order valence-electron chi connectivity index (χ1n) is 7.14. The maximum atomic E-state index is 5.88. The van der Waals surface area contributed by atoms with Gasteiger partial charge in [0.2, 0.25) is 0 Å². The molecule has 0 aliphatic heterocycles. The zero-order valence-electron chi connectivity index (χ0n) is 12.0. The maximum absolute atomic E-state index is 5.88. The van der Waals surface area contributed by atoms with Crippen molar-refractivity contribution in [3.63, 3.8) is 0 Å². The summed E-state index contributed by atoms with van der Waals surface area (Å²) in [4.78, 5) is 8.28. The Hall–Kier alpha value is -2.39. The number of anilines is 1. The molecule has 22 heavy (non-hydrogen) atoms. The minimum atomic E-state index is 0.239. The molecule has 1 heterocycles. The van der Waals surface area contributed by atoms with Crippen LogP contribution >= 0.6 is 11.6 Å². The number of nitrogens with one attached hydrogen (secondary N) is 1. The molecule has 0 unspecified atom stereocenters. The number of nitrogens with zero attached hydrogens (tertiary/aromatic N) is 2. The minimum absolute atomic E-state index is 0.239. The van der Waals surface area contributed by atoms with Gasteiger partial charge in [-0.15, -0.1) is 0 Å². The number of benzene rings is 2. The lowest BCUT2D eigenvalue weighted by atomic mass is 9.91. The van der Waals surface area contributed by atoms with Crippen LogP contribution in [0.4, 0.5) is 5.82 Å². The van der Waals surface area contributed by atoms with Crippen molar-refractivity contribution >= 4 is 17.4 Å². The van der Waals surface area contributed by atoms with Gasteiger partial charge in [-0.05, 0) is 11.1 Å². The van der Waals surface area contributed by atoms with Crippen molar-refractivity contribution in [1.29, 1.82) is 0 Å². The first-order chi connectivity index (χ1) is 10.8. The fourth-order valence-electron chi connectivity index (χ4n) is 2.43. The van der Waals surface area contributed by atoms with Gasteiger partial charge < -0.3 is 5.32 Å². The van der Waals surface area contributed by atoms with Crippen LogP contribution in [0.5, 0.6) is 0 Å². The molecule has 0 bridgehead atoms. The first kappa shape index (κ1) is 14.5. The van der Waals surface area contributed by atoms with E-state index in [-0.39, 0.29) is 5.92 Å². The largest absolute Gasteiger partial charge is 0.368 e. The summed E-state index contributed by atoms with van der Waals surface area (Å²) in [7, 11) is 0. The molecule has 0 saturated carbocycles. The Morgan fingerprint density at radius 1 is 0.864 bits per heavy atom. The van der Waals surface area contributed by atoms with Crippen LogP contribution in [0.2, 0.25) is 5.15 Å². The molecule has 1 N–H and O–H groups in total.